The van der Waals surface area contributed by atoms with Crippen molar-refractivity contribution in [2.75, 3.05) is 25.1 Å². The van der Waals surface area contributed by atoms with E-state index in [0.29, 0.717) is 33.6 Å². The first kappa shape index (κ1) is 22.7. The summed E-state index contributed by atoms with van der Waals surface area (Å²) >= 11 is 12.0. The Kier molecular flexibility index (Phi) is 7.93. The monoisotopic (exact) mass is 456 g/mol. The van der Waals surface area contributed by atoms with E-state index < -0.39 is 0 Å². The summed E-state index contributed by atoms with van der Waals surface area (Å²) in [4.78, 5) is 26.8. The number of halogens is 2. The van der Waals surface area contributed by atoms with Gasteiger partial charge in [0.1, 0.15) is 5.75 Å². The molecule has 0 saturated carbocycles. The molecule has 0 aliphatic carbocycles. The van der Waals surface area contributed by atoms with Gasteiger partial charge in [0.25, 0.3) is 11.8 Å². The number of benzene rings is 3. The Labute approximate surface area is 191 Å². The first-order valence-corrected chi connectivity index (χ1v) is 10.5. The summed E-state index contributed by atoms with van der Waals surface area (Å²) in [6.07, 6.45) is 0.721. The molecule has 2 amide bonds. The second kappa shape index (κ2) is 10.8. The second-order valence-electron chi connectivity index (χ2n) is 6.82. The number of nitrogens with one attached hydrogen (secondary N) is 1. The van der Waals surface area contributed by atoms with E-state index in [-0.39, 0.29) is 18.4 Å². The highest BCUT2D eigenvalue weighted by atomic mass is 35.5. The van der Waals surface area contributed by atoms with Crippen LogP contribution in [0.4, 0.5) is 5.69 Å². The molecule has 0 saturated heterocycles. The van der Waals surface area contributed by atoms with Crippen molar-refractivity contribution in [3.05, 3.63) is 94.0 Å². The van der Waals surface area contributed by atoms with Gasteiger partial charge < -0.3 is 15.0 Å². The third-order valence-electron chi connectivity index (χ3n) is 4.67. The van der Waals surface area contributed by atoms with Crippen LogP contribution in [0, 0.1) is 0 Å². The van der Waals surface area contributed by atoms with E-state index in [4.69, 9.17) is 27.9 Å². The minimum Gasteiger partial charge on any atom is -0.482 e. The van der Waals surface area contributed by atoms with Gasteiger partial charge >= 0.3 is 0 Å². The molecule has 0 aliphatic heterocycles. The fourth-order valence-electron chi connectivity index (χ4n) is 2.98. The third-order valence-corrected chi connectivity index (χ3v) is 5.20. The molecular formula is C24H22Cl2N2O3. The van der Waals surface area contributed by atoms with Gasteiger partial charge in [-0.3, -0.25) is 9.59 Å². The van der Waals surface area contributed by atoms with Crippen LogP contribution in [0.2, 0.25) is 10.0 Å². The van der Waals surface area contributed by atoms with Crippen LogP contribution in [-0.2, 0) is 11.2 Å². The molecule has 0 aromatic heterocycles. The molecule has 7 heteroatoms. The van der Waals surface area contributed by atoms with E-state index in [1.54, 1.807) is 49.5 Å². The molecule has 0 unspecified atom stereocenters. The molecule has 5 nitrogen and oxygen atoms in total. The van der Waals surface area contributed by atoms with Crippen LogP contribution in [0.5, 0.6) is 5.75 Å². The molecule has 0 bridgehead atoms. The maximum atomic E-state index is 12.7. The average Bonchev–Trinajstić information content (AvgIpc) is 2.78. The number of carbonyl (C=O) groups excluding carboxylic acids is 2. The van der Waals surface area contributed by atoms with Gasteiger partial charge in [-0.15, -0.1) is 0 Å². The summed E-state index contributed by atoms with van der Waals surface area (Å²) in [5.41, 5.74) is 2.05. The molecule has 0 fully saturated rings. The maximum Gasteiger partial charge on any atom is 0.264 e. The van der Waals surface area contributed by atoms with Gasteiger partial charge in [-0.1, -0.05) is 65.7 Å². The van der Waals surface area contributed by atoms with Crippen molar-refractivity contribution < 1.29 is 14.3 Å². The predicted molar refractivity (Wildman–Crippen MR) is 124 cm³/mol. The molecular weight excluding hydrogens is 435 g/mol. The lowest BCUT2D eigenvalue weighted by Crippen LogP contribution is -2.34. The Morgan fingerprint density at radius 3 is 2.42 bits per heavy atom. The first-order chi connectivity index (χ1) is 15.0. The summed E-state index contributed by atoms with van der Waals surface area (Å²) < 4.78 is 5.53. The number of para-hydroxylation sites is 1. The average molecular weight is 457 g/mol. The van der Waals surface area contributed by atoms with E-state index in [2.05, 4.69) is 5.32 Å². The fourth-order valence-corrected chi connectivity index (χ4v) is 3.44. The van der Waals surface area contributed by atoms with Crippen LogP contribution in [0.3, 0.4) is 0 Å². The van der Waals surface area contributed by atoms with E-state index >= 15 is 0 Å². The van der Waals surface area contributed by atoms with Gasteiger partial charge in [0.05, 0.1) is 16.3 Å². The van der Waals surface area contributed by atoms with Gasteiger partial charge in [0.15, 0.2) is 6.61 Å². The van der Waals surface area contributed by atoms with Gasteiger partial charge in [-0.2, -0.15) is 0 Å². The van der Waals surface area contributed by atoms with Gasteiger partial charge in [-0.25, -0.2) is 0 Å². The van der Waals surface area contributed by atoms with Crippen molar-refractivity contribution in [1.82, 2.24) is 5.32 Å². The molecule has 0 spiro atoms. The summed E-state index contributed by atoms with van der Waals surface area (Å²) in [5.74, 6) is -0.205. The zero-order valence-corrected chi connectivity index (χ0v) is 18.5. The van der Waals surface area contributed by atoms with Crippen molar-refractivity contribution in [1.29, 1.82) is 0 Å². The highest BCUT2D eigenvalue weighted by molar-refractivity contribution is 6.35. The van der Waals surface area contributed by atoms with E-state index in [1.165, 1.54) is 4.90 Å². The lowest BCUT2D eigenvalue weighted by atomic mass is 10.1. The number of anilines is 1. The van der Waals surface area contributed by atoms with Crippen molar-refractivity contribution in [2.45, 2.75) is 6.42 Å². The minimum atomic E-state index is -0.324. The van der Waals surface area contributed by atoms with Crippen molar-refractivity contribution >= 4 is 40.7 Å². The summed E-state index contributed by atoms with van der Waals surface area (Å²) in [6, 6.07) is 21.6. The van der Waals surface area contributed by atoms with Crippen molar-refractivity contribution in [2.24, 2.45) is 0 Å². The Bertz CT molecular complexity index is 1060. The molecule has 0 aliphatic rings. The van der Waals surface area contributed by atoms with Crippen LogP contribution in [0.1, 0.15) is 15.9 Å². The van der Waals surface area contributed by atoms with Gasteiger partial charge in [0, 0.05) is 18.6 Å². The molecule has 3 aromatic carbocycles. The van der Waals surface area contributed by atoms with Gasteiger partial charge in [0.2, 0.25) is 0 Å². The fraction of sp³-hybridized carbons (Fsp3) is 0.167. The van der Waals surface area contributed by atoms with E-state index in [0.717, 1.165) is 12.0 Å². The quantitative estimate of drug-likeness (QED) is 0.518. The Morgan fingerprint density at radius 2 is 1.68 bits per heavy atom. The van der Waals surface area contributed by atoms with Crippen LogP contribution in [-0.4, -0.2) is 32.0 Å². The lowest BCUT2D eigenvalue weighted by Gasteiger charge is -2.21. The Morgan fingerprint density at radius 1 is 0.968 bits per heavy atom. The number of nitrogens with zero attached hydrogens (tertiary/aromatic N) is 1. The molecule has 160 valence electrons. The number of hydrogen-bond acceptors (Lipinski definition) is 3. The summed E-state index contributed by atoms with van der Waals surface area (Å²) in [5, 5.41) is 3.71. The SMILES string of the molecule is CN(C(=O)COc1ccc(Cl)cc1Cl)c1ccccc1C(=O)NCCc1ccccc1. The number of ether oxygens (including phenoxy) is 1. The summed E-state index contributed by atoms with van der Waals surface area (Å²) in [6.45, 7) is 0.259. The smallest absolute Gasteiger partial charge is 0.264 e. The standard InChI is InChI=1S/C24H22Cl2N2O3/c1-28(23(29)16-31-22-12-11-18(25)15-20(22)26)21-10-6-5-9-19(21)24(30)27-14-13-17-7-3-2-4-8-17/h2-12,15H,13-14,16H2,1H3,(H,27,30). The highest BCUT2D eigenvalue weighted by Gasteiger charge is 2.19. The number of likely N-dealkylation sites (N-methyl/N-ethyl adjacent to an activating group) is 1. The Hall–Kier alpha value is -3.02. The van der Waals surface area contributed by atoms with Crippen LogP contribution in [0.15, 0.2) is 72.8 Å². The molecule has 3 rings (SSSR count). The predicted octanol–water partition coefficient (Wildman–Crippen LogP) is 5.01. The van der Waals surface area contributed by atoms with E-state index in [9.17, 15) is 9.59 Å². The molecule has 3 aromatic rings. The normalized spacial score (nSPS) is 10.4. The van der Waals surface area contributed by atoms with E-state index in [1.807, 2.05) is 30.3 Å². The van der Waals surface area contributed by atoms with Crippen LogP contribution >= 0.6 is 23.2 Å². The Balaban J connectivity index is 1.62. The third kappa shape index (κ3) is 6.23. The molecule has 0 atom stereocenters. The van der Waals surface area contributed by atoms with Crippen LogP contribution < -0.4 is 15.0 Å². The number of hydrogen-bond donors (Lipinski definition) is 1. The molecule has 1 N–H and O–H groups in total. The highest BCUT2D eigenvalue weighted by Crippen LogP contribution is 2.27. The number of rotatable bonds is 8. The van der Waals surface area contributed by atoms with Crippen LogP contribution in [0.25, 0.3) is 0 Å². The van der Waals surface area contributed by atoms with Crippen molar-refractivity contribution in [3.8, 4) is 5.75 Å². The largest absolute Gasteiger partial charge is 0.482 e. The molecule has 0 heterocycles. The molecule has 0 radical (unpaired) electrons. The van der Waals surface area contributed by atoms with Crippen molar-refractivity contribution in [3.63, 3.8) is 0 Å². The zero-order valence-electron chi connectivity index (χ0n) is 17.0. The minimum absolute atomic E-state index is 0.234. The zero-order chi connectivity index (χ0) is 22.2. The second-order valence-corrected chi connectivity index (χ2v) is 7.67. The maximum absolute atomic E-state index is 12.7. The number of carbonyl (C=O) groups is 2. The first-order valence-electron chi connectivity index (χ1n) is 9.71. The lowest BCUT2D eigenvalue weighted by molar-refractivity contribution is -0.120. The molecule has 31 heavy (non-hydrogen) atoms. The summed E-state index contributed by atoms with van der Waals surface area (Å²) in [7, 11) is 1.60. The number of amides is 2. The topological polar surface area (TPSA) is 58.6 Å². The van der Waals surface area contributed by atoms with Gasteiger partial charge in [-0.05, 0) is 42.3 Å².